The van der Waals surface area contributed by atoms with Gasteiger partial charge in [-0.1, -0.05) is 67.5 Å². The minimum atomic E-state index is -0.389. The van der Waals surface area contributed by atoms with E-state index in [9.17, 15) is 9.59 Å². The molecule has 2 heterocycles. The van der Waals surface area contributed by atoms with E-state index < -0.39 is 0 Å². The third-order valence-electron chi connectivity index (χ3n) is 9.12. The van der Waals surface area contributed by atoms with Gasteiger partial charge in [-0.2, -0.15) is 0 Å². The van der Waals surface area contributed by atoms with E-state index in [0.717, 1.165) is 50.1 Å². The van der Waals surface area contributed by atoms with Gasteiger partial charge in [0.15, 0.2) is 5.13 Å². The van der Waals surface area contributed by atoms with Crippen molar-refractivity contribution in [2.75, 3.05) is 26.6 Å². The van der Waals surface area contributed by atoms with Gasteiger partial charge in [-0.15, -0.1) is 11.3 Å². The molecule has 0 saturated heterocycles. The molecule has 10 heteroatoms. The van der Waals surface area contributed by atoms with E-state index in [2.05, 4.69) is 31.3 Å². The zero-order valence-corrected chi connectivity index (χ0v) is 29.5. The quantitative estimate of drug-likeness (QED) is 0.147. The standard InChI is InChI=1S/C38H40ClN3O5S/c1-22-15-23(2)35-27(16-22)18-30(42(35)21-25-11-13-26(14-12-25)37(44)47-5)36(43)41-38-40-34(33(48-38)17-24-9-7-6-8-10-24)28-19-32(46-4)29(39)20-31(28)45-3/h11-16,18-20,24H,6-10,17,21H2,1-5H3,(H,40,41,43). The van der Waals surface area contributed by atoms with Crippen LogP contribution in [0.25, 0.3) is 22.2 Å². The van der Waals surface area contributed by atoms with Crippen molar-refractivity contribution in [3.8, 4) is 22.8 Å². The fraction of sp³-hybridized carbons (Fsp3) is 0.342. The molecule has 48 heavy (non-hydrogen) atoms. The lowest BCUT2D eigenvalue weighted by molar-refractivity contribution is 0.0600. The lowest BCUT2D eigenvalue weighted by atomic mass is 9.86. The average Bonchev–Trinajstić information content (AvgIpc) is 3.65. The van der Waals surface area contributed by atoms with Crippen LogP contribution < -0.4 is 14.8 Å². The molecule has 8 nitrogen and oxygen atoms in total. The molecule has 1 aliphatic rings. The Bertz CT molecular complexity index is 1970. The maximum Gasteiger partial charge on any atom is 0.337 e. The second-order valence-corrected chi connectivity index (χ2v) is 14.0. The Balaban J connectivity index is 1.39. The fourth-order valence-corrected chi connectivity index (χ4v) is 8.15. The summed E-state index contributed by atoms with van der Waals surface area (Å²) in [7, 11) is 4.57. The van der Waals surface area contributed by atoms with Gasteiger partial charge >= 0.3 is 5.97 Å². The van der Waals surface area contributed by atoms with Gasteiger partial charge in [0, 0.05) is 28.4 Å². The molecule has 1 saturated carbocycles. The van der Waals surface area contributed by atoms with Crippen molar-refractivity contribution in [1.29, 1.82) is 0 Å². The summed E-state index contributed by atoms with van der Waals surface area (Å²) in [6.45, 7) is 4.56. The van der Waals surface area contributed by atoms with E-state index in [-0.39, 0.29) is 11.9 Å². The molecule has 2 aromatic heterocycles. The summed E-state index contributed by atoms with van der Waals surface area (Å²) in [6.07, 6.45) is 6.97. The largest absolute Gasteiger partial charge is 0.496 e. The topological polar surface area (TPSA) is 91.7 Å². The Hall–Kier alpha value is -4.34. The van der Waals surface area contributed by atoms with Crippen LogP contribution in [0.3, 0.4) is 0 Å². The molecule has 3 aromatic carbocycles. The van der Waals surface area contributed by atoms with Gasteiger partial charge in [0.25, 0.3) is 5.91 Å². The summed E-state index contributed by atoms with van der Waals surface area (Å²) in [5.41, 5.74) is 6.67. The van der Waals surface area contributed by atoms with Gasteiger partial charge in [0.2, 0.25) is 0 Å². The number of anilines is 1. The summed E-state index contributed by atoms with van der Waals surface area (Å²) in [5, 5.41) is 5.10. The zero-order chi connectivity index (χ0) is 33.9. The Morgan fingerprint density at radius 2 is 1.69 bits per heavy atom. The number of esters is 1. The van der Waals surface area contributed by atoms with Gasteiger partial charge in [-0.3, -0.25) is 10.1 Å². The zero-order valence-electron chi connectivity index (χ0n) is 27.9. The van der Waals surface area contributed by atoms with Crippen LogP contribution >= 0.6 is 22.9 Å². The van der Waals surface area contributed by atoms with Crippen molar-refractivity contribution in [2.24, 2.45) is 5.92 Å². The Morgan fingerprint density at radius 1 is 0.958 bits per heavy atom. The van der Waals surface area contributed by atoms with Gasteiger partial charge in [-0.25, -0.2) is 9.78 Å². The van der Waals surface area contributed by atoms with E-state index in [1.165, 1.54) is 50.6 Å². The normalized spacial score (nSPS) is 13.5. The minimum absolute atomic E-state index is 0.250. The predicted molar refractivity (Wildman–Crippen MR) is 192 cm³/mol. The number of amides is 1. The average molecular weight is 686 g/mol. The van der Waals surface area contributed by atoms with Crippen LogP contribution in [0, 0.1) is 19.8 Å². The molecule has 0 spiro atoms. The van der Waals surface area contributed by atoms with Crippen LogP contribution in [-0.2, 0) is 17.7 Å². The number of ether oxygens (including phenoxy) is 3. The molecule has 1 amide bonds. The van der Waals surface area contributed by atoms with Crippen molar-refractivity contribution >= 4 is 50.8 Å². The Kier molecular flexibility index (Phi) is 10.1. The maximum absolute atomic E-state index is 14.2. The van der Waals surface area contributed by atoms with Gasteiger partial charge in [0.05, 0.1) is 43.1 Å². The number of rotatable bonds is 10. The fourth-order valence-electron chi connectivity index (χ4n) is 6.83. The number of nitrogens with one attached hydrogen (secondary N) is 1. The van der Waals surface area contributed by atoms with Crippen molar-refractivity contribution in [3.05, 3.63) is 92.4 Å². The van der Waals surface area contributed by atoms with Gasteiger partial charge in [0.1, 0.15) is 17.2 Å². The first-order chi connectivity index (χ1) is 23.2. The first-order valence-electron chi connectivity index (χ1n) is 16.2. The number of fused-ring (bicyclic) bond motifs is 1. The second kappa shape index (κ2) is 14.4. The molecule has 0 aliphatic heterocycles. The molecule has 0 bridgehead atoms. The predicted octanol–water partition coefficient (Wildman–Crippen LogP) is 9.26. The highest BCUT2D eigenvalue weighted by Crippen LogP contribution is 2.43. The third-order valence-corrected chi connectivity index (χ3v) is 10.4. The molecule has 1 aliphatic carbocycles. The highest BCUT2D eigenvalue weighted by molar-refractivity contribution is 7.16. The maximum atomic E-state index is 14.2. The number of aryl methyl sites for hydroxylation is 2. The number of carbonyl (C=O) groups is 2. The van der Waals surface area contributed by atoms with Crippen LogP contribution in [0.4, 0.5) is 5.13 Å². The number of thiazole rings is 1. The van der Waals surface area contributed by atoms with Crippen molar-refractivity contribution in [1.82, 2.24) is 9.55 Å². The van der Waals surface area contributed by atoms with Crippen LogP contribution in [0.1, 0.15) is 74.5 Å². The summed E-state index contributed by atoms with van der Waals surface area (Å²) in [6, 6.07) is 17.0. The van der Waals surface area contributed by atoms with Crippen LogP contribution in [0.5, 0.6) is 11.5 Å². The summed E-state index contributed by atoms with van der Waals surface area (Å²) < 4.78 is 18.2. The summed E-state index contributed by atoms with van der Waals surface area (Å²) in [4.78, 5) is 32.3. The number of benzene rings is 3. The molecule has 5 aromatic rings. The monoisotopic (exact) mass is 685 g/mol. The molecular formula is C38H40ClN3O5S. The first-order valence-corrected chi connectivity index (χ1v) is 17.4. The molecule has 0 radical (unpaired) electrons. The van der Waals surface area contributed by atoms with E-state index in [1.54, 1.807) is 32.4 Å². The van der Waals surface area contributed by atoms with Gasteiger partial charge < -0.3 is 18.8 Å². The molecular weight excluding hydrogens is 646 g/mol. The number of hydrogen-bond acceptors (Lipinski definition) is 7. The summed E-state index contributed by atoms with van der Waals surface area (Å²) in [5.74, 6) is 1.04. The van der Waals surface area contributed by atoms with Crippen molar-refractivity contribution in [2.45, 2.75) is 58.9 Å². The first kappa shape index (κ1) is 33.6. The van der Waals surface area contributed by atoms with E-state index in [1.807, 2.05) is 28.8 Å². The molecule has 1 fully saturated rings. The number of nitrogens with zero attached hydrogens (tertiary/aromatic N) is 2. The number of methoxy groups -OCH3 is 3. The van der Waals surface area contributed by atoms with Crippen molar-refractivity contribution in [3.63, 3.8) is 0 Å². The third kappa shape index (κ3) is 6.93. The minimum Gasteiger partial charge on any atom is -0.496 e. The van der Waals surface area contributed by atoms with E-state index in [0.29, 0.717) is 45.4 Å². The highest BCUT2D eigenvalue weighted by Gasteiger charge is 2.25. The van der Waals surface area contributed by atoms with Crippen LogP contribution in [-0.4, -0.2) is 42.8 Å². The molecule has 6 rings (SSSR count). The lowest BCUT2D eigenvalue weighted by Gasteiger charge is -2.21. The number of hydrogen-bond donors (Lipinski definition) is 1. The number of aromatic nitrogens is 2. The smallest absolute Gasteiger partial charge is 0.337 e. The molecule has 0 unspecified atom stereocenters. The Labute approximate surface area is 290 Å². The SMILES string of the molecule is COC(=O)c1ccc(Cn2c(C(=O)Nc3nc(-c4cc(OC)c(Cl)cc4OC)c(CC4CCCCC4)s3)cc3cc(C)cc(C)c32)cc1. The molecule has 1 N–H and O–H groups in total. The van der Waals surface area contributed by atoms with E-state index >= 15 is 0 Å². The molecule has 250 valence electrons. The number of halogens is 1. The van der Waals surface area contributed by atoms with E-state index in [4.69, 9.17) is 30.8 Å². The van der Waals surface area contributed by atoms with Gasteiger partial charge in [-0.05, 0) is 67.6 Å². The van der Waals surface area contributed by atoms with Crippen LogP contribution in [0.15, 0.2) is 54.6 Å². The number of carbonyl (C=O) groups excluding carboxylic acids is 2. The van der Waals surface area contributed by atoms with Crippen molar-refractivity contribution < 1.29 is 23.8 Å². The van der Waals surface area contributed by atoms with Crippen LogP contribution in [0.2, 0.25) is 5.02 Å². The molecule has 0 atom stereocenters. The second-order valence-electron chi connectivity index (χ2n) is 12.5. The lowest BCUT2D eigenvalue weighted by Crippen LogP contribution is -2.17. The summed E-state index contributed by atoms with van der Waals surface area (Å²) >= 11 is 7.97. The Morgan fingerprint density at radius 3 is 2.38 bits per heavy atom. The highest BCUT2D eigenvalue weighted by atomic mass is 35.5.